The quantitative estimate of drug-likeness (QED) is 0.880. The highest BCUT2D eigenvalue weighted by atomic mass is 79.9. The first-order chi connectivity index (χ1) is 8.93. The minimum absolute atomic E-state index is 0.134. The summed E-state index contributed by atoms with van der Waals surface area (Å²) >= 11 is 3.20. The summed E-state index contributed by atoms with van der Waals surface area (Å²) in [4.78, 5) is 0. The molecule has 0 spiro atoms. The van der Waals surface area contributed by atoms with E-state index in [2.05, 4.69) is 35.1 Å². The minimum Gasteiger partial charge on any atom is -0.379 e. The molecule has 2 nitrogen and oxygen atoms in total. The second kappa shape index (κ2) is 5.75. The summed E-state index contributed by atoms with van der Waals surface area (Å²) in [5, 5.41) is 3.17. The first kappa shape index (κ1) is 14.7. The van der Waals surface area contributed by atoms with E-state index in [0.29, 0.717) is 16.8 Å². The second-order valence-electron chi connectivity index (χ2n) is 5.23. The molecule has 1 N–H and O–H groups in total. The molecular weight excluding hydrogens is 316 g/mol. The normalized spacial score (nSPS) is 27.3. The Morgan fingerprint density at radius 3 is 2.84 bits per heavy atom. The van der Waals surface area contributed by atoms with Crippen molar-refractivity contribution >= 4 is 21.6 Å². The lowest BCUT2D eigenvalue weighted by atomic mass is 9.90. The zero-order chi connectivity index (χ0) is 14.0. The molecule has 0 aromatic heterocycles. The van der Waals surface area contributed by atoms with Gasteiger partial charge in [0.15, 0.2) is 0 Å². The van der Waals surface area contributed by atoms with Gasteiger partial charge in [-0.1, -0.05) is 6.92 Å². The SMILES string of the molecule is CCC1(C)CC(Nc2c(F)cc(F)cc2Br)CCO1. The van der Waals surface area contributed by atoms with Crippen LogP contribution < -0.4 is 5.32 Å². The topological polar surface area (TPSA) is 21.3 Å². The van der Waals surface area contributed by atoms with Crippen molar-refractivity contribution in [3.8, 4) is 0 Å². The van der Waals surface area contributed by atoms with Gasteiger partial charge in [-0.2, -0.15) is 0 Å². The highest BCUT2D eigenvalue weighted by molar-refractivity contribution is 9.10. The first-order valence-electron chi connectivity index (χ1n) is 6.48. The van der Waals surface area contributed by atoms with E-state index < -0.39 is 11.6 Å². The Kier molecular flexibility index (Phi) is 4.46. The largest absolute Gasteiger partial charge is 0.379 e. The van der Waals surface area contributed by atoms with Gasteiger partial charge < -0.3 is 10.1 Å². The monoisotopic (exact) mass is 333 g/mol. The number of halogens is 3. The van der Waals surface area contributed by atoms with Crippen molar-refractivity contribution in [3.63, 3.8) is 0 Å². The van der Waals surface area contributed by atoms with Crippen molar-refractivity contribution in [2.24, 2.45) is 0 Å². The predicted molar refractivity (Wildman–Crippen MR) is 75.4 cm³/mol. The van der Waals surface area contributed by atoms with E-state index in [1.54, 1.807) is 0 Å². The molecule has 1 aliphatic rings. The lowest BCUT2D eigenvalue weighted by Crippen LogP contribution is -2.42. The third kappa shape index (κ3) is 3.45. The van der Waals surface area contributed by atoms with Gasteiger partial charge in [0.1, 0.15) is 11.6 Å². The Hall–Kier alpha value is -0.680. The maximum Gasteiger partial charge on any atom is 0.150 e. The number of benzene rings is 1. The van der Waals surface area contributed by atoms with Crippen LogP contribution in [0, 0.1) is 11.6 Å². The summed E-state index contributed by atoms with van der Waals surface area (Å²) < 4.78 is 33.0. The van der Waals surface area contributed by atoms with Crippen molar-refractivity contribution in [3.05, 3.63) is 28.2 Å². The fourth-order valence-electron chi connectivity index (χ4n) is 2.38. The molecule has 0 saturated carbocycles. The van der Waals surface area contributed by atoms with E-state index in [4.69, 9.17) is 4.74 Å². The van der Waals surface area contributed by atoms with Crippen molar-refractivity contribution in [2.45, 2.75) is 44.8 Å². The molecule has 2 atom stereocenters. The van der Waals surface area contributed by atoms with Gasteiger partial charge in [-0.25, -0.2) is 8.78 Å². The first-order valence-corrected chi connectivity index (χ1v) is 7.28. The molecule has 1 aromatic rings. The molecule has 1 heterocycles. The van der Waals surface area contributed by atoms with Gasteiger partial charge in [-0.05, 0) is 48.2 Å². The molecule has 1 aliphatic heterocycles. The highest BCUT2D eigenvalue weighted by Crippen LogP contribution is 2.33. The van der Waals surface area contributed by atoms with Crippen LogP contribution in [0.1, 0.15) is 33.1 Å². The second-order valence-corrected chi connectivity index (χ2v) is 6.08. The predicted octanol–water partition coefficient (Wildman–Crippen LogP) is 4.49. The Bertz CT molecular complexity index is 446. The molecule has 0 amide bonds. The lowest BCUT2D eigenvalue weighted by molar-refractivity contribution is -0.0709. The number of anilines is 1. The molecule has 106 valence electrons. The van der Waals surface area contributed by atoms with Crippen LogP contribution in [-0.4, -0.2) is 18.2 Å². The van der Waals surface area contributed by atoms with Crippen LogP contribution in [0.3, 0.4) is 0 Å². The molecule has 0 radical (unpaired) electrons. The van der Waals surface area contributed by atoms with Gasteiger partial charge in [0.25, 0.3) is 0 Å². The van der Waals surface area contributed by atoms with Crippen molar-refractivity contribution < 1.29 is 13.5 Å². The average Bonchev–Trinajstić information content (AvgIpc) is 2.34. The molecule has 2 unspecified atom stereocenters. The lowest BCUT2D eigenvalue weighted by Gasteiger charge is -2.38. The van der Waals surface area contributed by atoms with Crippen LogP contribution >= 0.6 is 15.9 Å². The fourth-order valence-corrected chi connectivity index (χ4v) is 2.91. The molecular formula is C14H18BrF2NO. The number of rotatable bonds is 3. The van der Waals surface area contributed by atoms with E-state index in [0.717, 1.165) is 25.3 Å². The smallest absolute Gasteiger partial charge is 0.150 e. The van der Waals surface area contributed by atoms with Crippen LogP contribution in [0.25, 0.3) is 0 Å². The van der Waals surface area contributed by atoms with E-state index in [-0.39, 0.29) is 11.6 Å². The highest BCUT2D eigenvalue weighted by Gasteiger charge is 2.32. The van der Waals surface area contributed by atoms with Gasteiger partial charge in [-0.3, -0.25) is 0 Å². The maximum absolute atomic E-state index is 13.8. The van der Waals surface area contributed by atoms with Gasteiger partial charge in [0, 0.05) is 23.2 Å². The van der Waals surface area contributed by atoms with Gasteiger partial charge in [0.2, 0.25) is 0 Å². The van der Waals surface area contributed by atoms with Gasteiger partial charge in [-0.15, -0.1) is 0 Å². The van der Waals surface area contributed by atoms with Crippen molar-refractivity contribution in [1.29, 1.82) is 0 Å². The molecule has 1 saturated heterocycles. The molecule has 1 aromatic carbocycles. The van der Waals surface area contributed by atoms with Crippen LogP contribution in [-0.2, 0) is 4.74 Å². The summed E-state index contributed by atoms with van der Waals surface area (Å²) in [6, 6.07) is 2.30. The molecule has 0 aliphatic carbocycles. The Morgan fingerprint density at radius 2 is 2.21 bits per heavy atom. The zero-order valence-electron chi connectivity index (χ0n) is 11.1. The van der Waals surface area contributed by atoms with Crippen LogP contribution in [0.5, 0.6) is 0 Å². The van der Waals surface area contributed by atoms with Crippen LogP contribution in [0.4, 0.5) is 14.5 Å². The molecule has 2 rings (SSSR count). The molecule has 0 bridgehead atoms. The number of ether oxygens (including phenoxy) is 1. The average molecular weight is 334 g/mol. The minimum atomic E-state index is -0.583. The Morgan fingerprint density at radius 1 is 1.47 bits per heavy atom. The molecule has 19 heavy (non-hydrogen) atoms. The van der Waals surface area contributed by atoms with Gasteiger partial charge >= 0.3 is 0 Å². The van der Waals surface area contributed by atoms with Crippen molar-refractivity contribution in [2.75, 3.05) is 11.9 Å². The van der Waals surface area contributed by atoms with Crippen LogP contribution in [0.2, 0.25) is 0 Å². The van der Waals surface area contributed by atoms with E-state index in [1.807, 2.05) is 0 Å². The fraction of sp³-hybridized carbons (Fsp3) is 0.571. The third-order valence-electron chi connectivity index (χ3n) is 3.70. The third-order valence-corrected chi connectivity index (χ3v) is 4.32. The summed E-state index contributed by atoms with van der Waals surface area (Å²) in [6.45, 7) is 4.80. The van der Waals surface area contributed by atoms with Crippen LogP contribution in [0.15, 0.2) is 16.6 Å². The maximum atomic E-state index is 13.8. The van der Waals surface area contributed by atoms with E-state index in [1.165, 1.54) is 6.07 Å². The zero-order valence-corrected chi connectivity index (χ0v) is 12.7. The number of nitrogens with one attached hydrogen (secondary N) is 1. The summed E-state index contributed by atoms with van der Waals surface area (Å²) in [5.41, 5.74) is 0.158. The van der Waals surface area contributed by atoms with Crippen molar-refractivity contribution in [1.82, 2.24) is 0 Å². The number of hydrogen-bond acceptors (Lipinski definition) is 2. The van der Waals surface area contributed by atoms with E-state index >= 15 is 0 Å². The number of hydrogen-bond donors (Lipinski definition) is 1. The van der Waals surface area contributed by atoms with Gasteiger partial charge in [0.05, 0.1) is 11.3 Å². The van der Waals surface area contributed by atoms with E-state index in [9.17, 15) is 8.78 Å². The summed E-state index contributed by atoms with van der Waals surface area (Å²) in [7, 11) is 0. The molecule has 1 fully saturated rings. The Labute approximate surface area is 120 Å². The summed E-state index contributed by atoms with van der Waals surface area (Å²) in [5.74, 6) is -1.16. The molecule has 5 heteroatoms. The summed E-state index contributed by atoms with van der Waals surface area (Å²) in [6.07, 6.45) is 2.55. The standard InChI is InChI=1S/C14H18BrF2NO/c1-3-14(2)8-10(4-5-19-14)18-13-11(15)6-9(16)7-12(13)17/h6-7,10,18H,3-5,8H2,1-2H3. The Balaban J connectivity index is 2.13.